The maximum Gasteiger partial charge on any atom is 0.453 e. The predicted octanol–water partition coefficient (Wildman–Crippen LogP) is 3.48. The molecule has 2 aliphatic rings. The van der Waals surface area contributed by atoms with Gasteiger partial charge < -0.3 is 14.8 Å². The van der Waals surface area contributed by atoms with Crippen molar-refractivity contribution in [1.82, 2.24) is 19.8 Å². The highest BCUT2D eigenvalue weighted by molar-refractivity contribution is 5.49. The summed E-state index contributed by atoms with van der Waals surface area (Å²) in [6.07, 6.45) is -2.56. The number of nitrogens with zero attached hydrogens (tertiary/aromatic N) is 4. The van der Waals surface area contributed by atoms with Gasteiger partial charge in [-0.05, 0) is 48.6 Å². The second-order valence-electron chi connectivity index (χ2n) is 6.87. The fourth-order valence-electron chi connectivity index (χ4n) is 3.36. The van der Waals surface area contributed by atoms with E-state index < -0.39 is 12.0 Å². The zero-order chi connectivity index (χ0) is 19.3. The molecule has 0 bridgehead atoms. The van der Waals surface area contributed by atoms with Gasteiger partial charge in [-0.1, -0.05) is 6.07 Å². The first-order valence-corrected chi connectivity index (χ1v) is 8.95. The zero-order valence-corrected chi connectivity index (χ0v) is 14.6. The summed E-state index contributed by atoms with van der Waals surface area (Å²) in [7, 11) is 0. The second kappa shape index (κ2) is 6.25. The Hall–Kier alpha value is -3.04. The number of nitrogens with one attached hydrogen (secondary N) is 1. The van der Waals surface area contributed by atoms with E-state index in [1.165, 1.54) is 6.07 Å². The van der Waals surface area contributed by atoms with E-state index in [1.807, 2.05) is 18.2 Å². The van der Waals surface area contributed by atoms with Crippen LogP contribution in [0.3, 0.4) is 0 Å². The Morgan fingerprint density at radius 3 is 2.57 bits per heavy atom. The van der Waals surface area contributed by atoms with Crippen molar-refractivity contribution in [3.63, 3.8) is 0 Å². The van der Waals surface area contributed by atoms with Crippen molar-refractivity contribution in [3.8, 4) is 11.5 Å². The van der Waals surface area contributed by atoms with Gasteiger partial charge in [0.2, 0.25) is 0 Å². The molecule has 5 rings (SSSR count). The normalized spacial score (nSPS) is 17.5. The maximum absolute atomic E-state index is 13.1. The highest BCUT2D eigenvalue weighted by Gasteiger charge is 2.38. The average Bonchev–Trinajstić information content (AvgIpc) is 3.43. The number of benzene rings is 1. The molecule has 1 aromatic carbocycles. The van der Waals surface area contributed by atoms with E-state index in [9.17, 15) is 13.2 Å². The summed E-state index contributed by atoms with van der Waals surface area (Å²) in [5.74, 6) is 0.933. The van der Waals surface area contributed by atoms with Gasteiger partial charge in [0.1, 0.15) is 19.0 Å². The molecule has 3 heterocycles. The number of anilines is 1. The van der Waals surface area contributed by atoms with Crippen molar-refractivity contribution in [2.45, 2.75) is 25.1 Å². The molecule has 10 heteroatoms. The Balaban J connectivity index is 1.47. The first-order valence-electron chi connectivity index (χ1n) is 8.95. The molecule has 0 amide bonds. The molecule has 0 spiro atoms. The fourth-order valence-corrected chi connectivity index (χ4v) is 3.36. The van der Waals surface area contributed by atoms with Crippen LogP contribution in [-0.2, 0) is 6.18 Å². The van der Waals surface area contributed by atoms with Crippen LogP contribution < -0.4 is 14.8 Å². The molecule has 7 nitrogen and oxygen atoms in total. The monoisotopic (exact) mass is 391 g/mol. The topological polar surface area (TPSA) is 73.6 Å². The quantitative estimate of drug-likeness (QED) is 0.734. The first kappa shape index (κ1) is 17.1. The van der Waals surface area contributed by atoms with Crippen LogP contribution >= 0.6 is 0 Å². The highest BCUT2D eigenvalue weighted by atomic mass is 19.4. The van der Waals surface area contributed by atoms with Crippen LogP contribution in [0, 0.1) is 5.92 Å². The Bertz CT molecular complexity index is 1030. The van der Waals surface area contributed by atoms with E-state index in [0.717, 1.165) is 22.9 Å². The van der Waals surface area contributed by atoms with Crippen molar-refractivity contribution >= 4 is 11.5 Å². The molecular formula is C18H16F3N5O2. The van der Waals surface area contributed by atoms with Gasteiger partial charge >= 0.3 is 6.18 Å². The van der Waals surface area contributed by atoms with Crippen molar-refractivity contribution in [3.05, 3.63) is 41.7 Å². The van der Waals surface area contributed by atoms with Gasteiger partial charge in [0.25, 0.3) is 5.82 Å². The molecule has 1 fully saturated rings. The Labute approximate surface area is 157 Å². The van der Waals surface area contributed by atoms with Crippen LogP contribution in [0.1, 0.15) is 30.3 Å². The van der Waals surface area contributed by atoms with Crippen molar-refractivity contribution < 1.29 is 22.6 Å². The van der Waals surface area contributed by atoms with Gasteiger partial charge in [-0.25, -0.2) is 0 Å². The van der Waals surface area contributed by atoms with Crippen LogP contribution in [0.2, 0.25) is 0 Å². The number of rotatable bonds is 4. The van der Waals surface area contributed by atoms with E-state index in [4.69, 9.17) is 9.47 Å². The zero-order valence-electron chi connectivity index (χ0n) is 14.6. The molecule has 1 aliphatic carbocycles. The van der Waals surface area contributed by atoms with Crippen molar-refractivity contribution in [1.29, 1.82) is 0 Å². The number of hydrogen-bond acceptors (Lipinski definition) is 6. The summed E-state index contributed by atoms with van der Waals surface area (Å²) < 4.78 is 51.2. The Morgan fingerprint density at radius 1 is 1.04 bits per heavy atom. The van der Waals surface area contributed by atoms with Gasteiger partial charge in [-0.3, -0.25) is 0 Å². The van der Waals surface area contributed by atoms with Crippen molar-refractivity contribution in [2.24, 2.45) is 5.92 Å². The molecule has 1 saturated carbocycles. The largest absolute Gasteiger partial charge is 0.486 e. The summed E-state index contributed by atoms with van der Waals surface area (Å²) in [5, 5.41) is 14.1. The van der Waals surface area contributed by atoms with Gasteiger partial charge in [-0.2, -0.15) is 17.7 Å². The van der Waals surface area contributed by atoms with Gasteiger partial charge in [0.05, 0.1) is 6.04 Å². The molecule has 28 heavy (non-hydrogen) atoms. The van der Waals surface area contributed by atoms with Gasteiger partial charge in [0.15, 0.2) is 17.1 Å². The van der Waals surface area contributed by atoms with Crippen LogP contribution in [0.5, 0.6) is 11.5 Å². The maximum atomic E-state index is 13.1. The lowest BCUT2D eigenvalue weighted by atomic mass is 10.0. The number of fused-ring (bicyclic) bond motifs is 2. The molecular weight excluding hydrogens is 375 g/mol. The Morgan fingerprint density at radius 2 is 1.82 bits per heavy atom. The van der Waals surface area contributed by atoms with E-state index in [0.29, 0.717) is 36.4 Å². The van der Waals surface area contributed by atoms with Gasteiger partial charge in [0, 0.05) is 0 Å². The van der Waals surface area contributed by atoms with Gasteiger partial charge in [-0.15, -0.1) is 15.3 Å². The summed E-state index contributed by atoms with van der Waals surface area (Å²) in [4.78, 5) is 0. The number of aromatic nitrogens is 4. The van der Waals surface area contributed by atoms with E-state index in [1.54, 1.807) is 6.07 Å². The third kappa shape index (κ3) is 3.08. The highest BCUT2D eigenvalue weighted by Crippen LogP contribution is 2.44. The van der Waals surface area contributed by atoms with E-state index in [2.05, 4.69) is 20.6 Å². The lowest BCUT2D eigenvalue weighted by Crippen LogP contribution is -2.18. The first-order chi connectivity index (χ1) is 13.5. The molecule has 146 valence electrons. The molecule has 2 aromatic heterocycles. The minimum absolute atomic E-state index is 0.0418. The predicted molar refractivity (Wildman–Crippen MR) is 92.3 cm³/mol. The molecule has 1 N–H and O–H groups in total. The van der Waals surface area contributed by atoms with Crippen LogP contribution in [0.15, 0.2) is 30.3 Å². The minimum atomic E-state index is -4.63. The average molecular weight is 391 g/mol. The second-order valence-corrected chi connectivity index (χ2v) is 6.87. The van der Waals surface area contributed by atoms with Crippen molar-refractivity contribution in [2.75, 3.05) is 18.5 Å². The number of hydrogen-bond donors (Lipinski definition) is 1. The lowest BCUT2D eigenvalue weighted by Gasteiger charge is -2.23. The van der Waals surface area contributed by atoms with Crippen LogP contribution in [-0.4, -0.2) is 33.0 Å². The smallest absolute Gasteiger partial charge is 0.453 e. The molecule has 0 radical (unpaired) electrons. The number of alkyl halides is 3. The molecule has 1 aliphatic heterocycles. The summed E-state index contributed by atoms with van der Waals surface area (Å²) in [5.41, 5.74) is 1.02. The summed E-state index contributed by atoms with van der Waals surface area (Å²) in [6.45, 7) is 1.01. The van der Waals surface area contributed by atoms with E-state index >= 15 is 0 Å². The number of halogens is 3. The Kier molecular flexibility index (Phi) is 3.81. The fraction of sp³-hybridized carbons (Fsp3) is 0.389. The van der Waals surface area contributed by atoms with Crippen LogP contribution in [0.25, 0.3) is 5.65 Å². The molecule has 3 aromatic rings. The molecule has 1 atom stereocenters. The third-order valence-corrected chi connectivity index (χ3v) is 4.84. The van der Waals surface area contributed by atoms with E-state index in [-0.39, 0.29) is 11.7 Å². The molecule has 1 unspecified atom stereocenters. The van der Waals surface area contributed by atoms with Crippen LogP contribution in [0.4, 0.5) is 19.0 Å². The standard InChI is InChI=1S/C18H16F3N5O2/c19-18(20,21)17-24-23-15-6-5-14(25-26(15)17)22-16(10-1-2-10)11-3-4-12-13(9-11)28-8-7-27-12/h3-6,9-10,16H,1-2,7-8H2,(H,22,25). The molecule has 0 saturated heterocycles. The number of ether oxygens (including phenoxy) is 2. The minimum Gasteiger partial charge on any atom is -0.486 e. The SMILES string of the molecule is FC(F)(F)c1nnc2ccc(NC(c3ccc4c(c3)OCCO4)C3CC3)nn12. The third-order valence-electron chi connectivity index (χ3n) is 4.84. The summed E-state index contributed by atoms with van der Waals surface area (Å²) >= 11 is 0. The summed E-state index contributed by atoms with van der Waals surface area (Å²) in [6, 6.07) is 8.71. The lowest BCUT2D eigenvalue weighted by molar-refractivity contribution is -0.146.